The molecule has 122 valence electrons. The molecule has 0 bridgehead atoms. The molecule has 2 aromatic carbocycles. The number of anilines is 2. The molecule has 0 atom stereocenters. The number of carbonyl (C=O) groups excluding carboxylic acids is 1. The maximum absolute atomic E-state index is 12.5. The third-order valence-corrected chi connectivity index (χ3v) is 3.53. The summed E-state index contributed by atoms with van der Waals surface area (Å²) in [5.74, 6) is 0.765. The van der Waals surface area contributed by atoms with Gasteiger partial charge in [0.15, 0.2) is 11.5 Å². The Kier molecular flexibility index (Phi) is 5.18. The van der Waals surface area contributed by atoms with E-state index in [1.54, 1.807) is 30.3 Å². The van der Waals surface area contributed by atoms with Gasteiger partial charge in [0.25, 0.3) is 5.91 Å². The predicted molar refractivity (Wildman–Crippen MR) is 89.9 cm³/mol. The first-order chi connectivity index (χ1) is 11.0. The molecule has 0 aliphatic heterocycles. The summed E-state index contributed by atoms with van der Waals surface area (Å²) in [5, 5.41) is 3.04. The molecular weight excluding hydrogens is 320 g/mol. The summed E-state index contributed by atoms with van der Waals surface area (Å²) >= 11 is 6.06. The second kappa shape index (κ2) is 7.11. The Bertz CT molecular complexity index is 689. The molecule has 6 nitrogen and oxygen atoms in total. The number of hydrogen-bond acceptors (Lipinski definition) is 5. The van der Waals surface area contributed by atoms with E-state index in [1.807, 2.05) is 0 Å². The van der Waals surface area contributed by atoms with Gasteiger partial charge in [-0.05, 0) is 24.3 Å². The van der Waals surface area contributed by atoms with Crippen molar-refractivity contribution in [2.45, 2.75) is 0 Å². The van der Waals surface area contributed by atoms with Gasteiger partial charge in [-0.25, -0.2) is 0 Å². The number of hydrogen-bond donors (Lipinski definition) is 2. The zero-order chi connectivity index (χ0) is 17.0. The van der Waals surface area contributed by atoms with Crippen molar-refractivity contribution in [2.75, 3.05) is 32.4 Å². The number of methoxy groups -OCH3 is 3. The number of halogens is 1. The molecule has 3 N–H and O–H groups in total. The first-order valence-electron chi connectivity index (χ1n) is 6.67. The van der Waals surface area contributed by atoms with E-state index in [0.29, 0.717) is 39.2 Å². The van der Waals surface area contributed by atoms with Crippen LogP contribution in [0, 0.1) is 0 Å². The van der Waals surface area contributed by atoms with Crippen molar-refractivity contribution in [3.8, 4) is 17.2 Å². The Hall–Kier alpha value is -2.60. The van der Waals surface area contributed by atoms with E-state index in [0.717, 1.165) is 0 Å². The van der Waals surface area contributed by atoms with E-state index in [9.17, 15) is 4.79 Å². The van der Waals surface area contributed by atoms with Gasteiger partial charge in [0.1, 0.15) is 0 Å². The van der Waals surface area contributed by atoms with Gasteiger partial charge >= 0.3 is 0 Å². The van der Waals surface area contributed by atoms with Crippen LogP contribution in [0.2, 0.25) is 5.02 Å². The van der Waals surface area contributed by atoms with Crippen molar-refractivity contribution in [1.82, 2.24) is 0 Å². The van der Waals surface area contributed by atoms with Crippen molar-refractivity contribution >= 4 is 28.9 Å². The van der Waals surface area contributed by atoms with Crippen molar-refractivity contribution in [1.29, 1.82) is 0 Å². The summed E-state index contributed by atoms with van der Waals surface area (Å²) in [6.07, 6.45) is 0. The Labute approximate surface area is 139 Å². The van der Waals surface area contributed by atoms with Crippen LogP contribution in [0.1, 0.15) is 10.4 Å². The summed E-state index contributed by atoms with van der Waals surface area (Å²) in [5.41, 5.74) is 6.88. The summed E-state index contributed by atoms with van der Waals surface area (Å²) in [7, 11) is 4.45. The molecule has 0 aromatic heterocycles. The number of carbonyl (C=O) groups is 1. The van der Waals surface area contributed by atoms with Gasteiger partial charge in [0.2, 0.25) is 5.75 Å². The molecule has 0 aliphatic rings. The monoisotopic (exact) mass is 336 g/mol. The molecule has 0 fully saturated rings. The molecular formula is C16H17ClN2O4. The highest BCUT2D eigenvalue weighted by Crippen LogP contribution is 2.38. The Morgan fingerprint density at radius 2 is 1.70 bits per heavy atom. The molecule has 2 rings (SSSR count). The standard InChI is InChI=1S/C16H17ClN2O4/c1-21-12-7-9(8-13(22-2)15(12)23-3)16(20)19-14-10(17)5-4-6-11(14)18/h4-8H,18H2,1-3H3,(H,19,20). The molecule has 23 heavy (non-hydrogen) atoms. The quantitative estimate of drug-likeness (QED) is 0.819. The Morgan fingerprint density at radius 3 is 2.17 bits per heavy atom. The number of para-hydroxylation sites is 1. The van der Waals surface area contributed by atoms with Crippen LogP contribution in [0.5, 0.6) is 17.2 Å². The van der Waals surface area contributed by atoms with E-state index in [-0.39, 0.29) is 0 Å². The van der Waals surface area contributed by atoms with Crippen LogP contribution in [-0.4, -0.2) is 27.2 Å². The van der Waals surface area contributed by atoms with Crippen molar-refractivity contribution < 1.29 is 19.0 Å². The van der Waals surface area contributed by atoms with Gasteiger partial charge in [-0.3, -0.25) is 4.79 Å². The van der Waals surface area contributed by atoms with Crippen molar-refractivity contribution in [3.05, 3.63) is 40.9 Å². The van der Waals surface area contributed by atoms with Gasteiger partial charge in [0.05, 0.1) is 37.7 Å². The smallest absolute Gasteiger partial charge is 0.256 e. The number of nitrogen functional groups attached to an aromatic ring is 1. The number of rotatable bonds is 5. The van der Waals surface area contributed by atoms with Crippen molar-refractivity contribution in [3.63, 3.8) is 0 Å². The van der Waals surface area contributed by atoms with Crippen LogP contribution in [0.3, 0.4) is 0 Å². The molecule has 1 amide bonds. The highest BCUT2D eigenvalue weighted by Gasteiger charge is 2.18. The summed E-state index contributed by atoms with van der Waals surface area (Å²) in [4.78, 5) is 12.5. The predicted octanol–water partition coefficient (Wildman–Crippen LogP) is 3.20. The maximum Gasteiger partial charge on any atom is 0.256 e. The number of ether oxygens (including phenoxy) is 3. The Morgan fingerprint density at radius 1 is 1.09 bits per heavy atom. The van der Waals surface area contributed by atoms with Gasteiger partial charge < -0.3 is 25.3 Å². The zero-order valence-corrected chi connectivity index (χ0v) is 13.7. The molecule has 2 aromatic rings. The third kappa shape index (κ3) is 3.43. The first-order valence-corrected chi connectivity index (χ1v) is 7.05. The lowest BCUT2D eigenvalue weighted by Crippen LogP contribution is -2.14. The minimum atomic E-state index is -0.399. The normalized spacial score (nSPS) is 10.1. The number of benzene rings is 2. The summed E-state index contributed by atoms with van der Waals surface area (Å²) < 4.78 is 15.7. The van der Waals surface area contributed by atoms with E-state index in [4.69, 9.17) is 31.5 Å². The van der Waals surface area contributed by atoms with Gasteiger partial charge in [-0.1, -0.05) is 17.7 Å². The van der Waals surface area contributed by atoms with E-state index in [2.05, 4.69) is 5.32 Å². The minimum absolute atomic E-state index is 0.318. The lowest BCUT2D eigenvalue weighted by molar-refractivity contribution is 0.102. The summed E-state index contributed by atoms with van der Waals surface area (Å²) in [6, 6.07) is 8.08. The van der Waals surface area contributed by atoms with Gasteiger partial charge in [-0.2, -0.15) is 0 Å². The number of nitrogens with two attached hydrogens (primary N) is 1. The van der Waals surface area contributed by atoms with E-state index >= 15 is 0 Å². The molecule has 0 radical (unpaired) electrons. The van der Waals surface area contributed by atoms with Crippen LogP contribution in [0.15, 0.2) is 30.3 Å². The van der Waals surface area contributed by atoms with Crippen LogP contribution in [-0.2, 0) is 0 Å². The lowest BCUT2D eigenvalue weighted by Gasteiger charge is -2.15. The van der Waals surface area contributed by atoms with Crippen LogP contribution >= 0.6 is 11.6 Å². The largest absolute Gasteiger partial charge is 0.493 e. The summed E-state index contributed by atoms with van der Waals surface area (Å²) in [6.45, 7) is 0. The topological polar surface area (TPSA) is 82.8 Å². The van der Waals surface area contributed by atoms with E-state index in [1.165, 1.54) is 21.3 Å². The van der Waals surface area contributed by atoms with Gasteiger partial charge in [-0.15, -0.1) is 0 Å². The fourth-order valence-corrected chi connectivity index (χ4v) is 2.30. The fourth-order valence-electron chi connectivity index (χ4n) is 2.07. The molecule has 0 heterocycles. The van der Waals surface area contributed by atoms with Crippen LogP contribution < -0.4 is 25.3 Å². The molecule has 0 spiro atoms. The second-order valence-corrected chi connectivity index (χ2v) is 4.98. The highest BCUT2D eigenvalue weighted by atomic mass is 35.5. The SMILES string of the molecule is COc1cc(C(=O)Nc2c(N)cccc2Cl)cc(OC)c1OC. The lowest BCUT2D eigenvalue weighted by atomic mass is 10.1. The minimum Gasteiger partial charge on any atom is -0.493 e. The number of nitrogens with one attached hydrogen (secondary N) is 1. The third-order valence-electron chi connectivity index (χ3n) is 3.21. The molecule has 0 aliphatic carbocycles. The average Bonchev–Trinajstić information content (AvgIpc) is 2.56. The Balaban J connectivity index is 2.40. The highest BCUT2D eigenvalue weighted by molar-refractivity contribution is 6.34. The zero-order valence-electron chi connectivity index (χ0n) is 13.0. The van der Waals surface area contributed by atoms with Gasteiger partial charge in [0, 0.05) is 5.56 Å². The average molecular weight is 337 g/mol. The maximum atomic E-state index is 12.5. The molecule has 7 heteroatoms. The molecule has 0 unspecified atom stereocenters. The molecule has 0 saturated carbocycles. The number of amides is 1. The van der Waals surface area contributed by atoms with Crippen LogP contribution in [0.25, 0.3) is 0 Å². The fraction of sp³-hybridized carbons (Fsp3) is 0.188. The first kappa shape index (κ1) is 16.8. The van der Waals surface area contributed by atoms with Crippen LogP contribution in [0.4, 0.5) is 11.4 Å². The van der Waals surface area contributed by atoms with E-state index < -0.39 is 5.91 Å². The van der Waals surface area contributed by atoms with Crippen molar-refractivity contribution in [2.24, 2.45) is 0 Å². The molecule has 0 saturated heterocycles. The second-order valence-electron chi connectivity index (χ2n) is 4.57.